The zero-order valence-electron chi connectivity index (χ0n) is 7.49. The molecule has 2 heteroatoms. The summed E-state index contributed by atoms with van der Waals surface area (Å²) in [5.74, 6) is 1.71. The Hall–Kier alpha value is 0.250. The van der Waals surface area contributed by atoms with E-state index in [1.54, 1.807) is 0 Å². The van der Waals surface area contributed by atoms with E-state index in [1.165, 1.54) is 19.4 Å². The lowest BCUT2D eigenvalue weighted by molar-refractivity contribution is 0.382. The second-order valence-electron chi connectivity index (χ2n) is 4.37. The Morgan fingerprint density at radius 1 is 1.45 bits per heavy atom. The Labute approximate surface area is 74.5 Å². The third kappa shape index (κ3) is 3.97. The highest BCUT2D eigenvalue weighted by molar-refractivity contribution is 6.18. The number of halogens is 1. The maximum Gasteiger partial charge on any atom is 0.0286 e. The van der Waals surface area contributed by atoms with Crippen molar-refractivity contribution in [1.82, 2.24) is 5.32 Å². The molecule has 11 heavy (non-hydrogen) atoms. The predicted molar refractivity (Wildman–Crippen MR) is 50.1 cm³/mol. The molecule has 1 fully saturated rings. The van der Waals surface area contributed by atoms with Crippen LogP contribution >= 0.6 is 11.6 Å². The topological polar surface area (TPSA) is 12.0 Å². The summed E-state index contributed by atoms with van der Waals surface area (Å²) in [4.78, 5) is 0. The molecule has 0 radical (unpaired) electrons. The van der Waals surface area contributed by atoms with Crippen LogP contribution in [0.25, 0.3) is 0 Å². The van der Waals surface area contributed by atoms with Gasteiger partial charge in [-0.2, -0.15) is 0 Å². The summed E-state index contributed by atoms with van der Waals surface area (Å²) in [6.07, 6.45) is 2.85. The van der Waals surface area contributed by atoms with Crippen LogP contribution in [0.15, 0.2) is 0 Å². The van der Waals surface area contributed by atoms with Crippen molar-refractivity contribution in [2.75, 3.05) is 19.0 Å². The van der Waals surface area contributed by atoms with Crippen LogP contribution in [0.1, 0.15) is 26.7 Å². The normalized spacial score (nSPS) is 18.8. The van der Waals surface area contributed by atoms with Gasteiger partial charge in [0.1, 0.15) is 0 Å². The Balaban J connectivity index is 1.99. The second-order valence-corrected chi connectivity index (χ2v) is 4.64. The number of hydrogen-bond acceptors (Lipinski definition) is 1. The highest BCUT2D eigenvalue weighted by Crippen LogP contribution is 2.27. The molecule has 0 aromatic rings. The van der Waals surface area contributed by atoms with Crippen molar-refractivity contribution in [3.8, 4) is 0 Å². The number of rotatable bonds is 5. The van der Waals surface area contributed by atoms with Crippen molar-refractivity contribution < 1.29 is 0 Å². The molecule has 0 aliphatic heterocycles. The summed E-state index contributed by atoms with van der Waals surface area (Å²) in [6.45, 7) is 6.63. The summed E-state index contributed by atoms with van der Waals surface area (Å²) in [7, 11) is 0. The molecule has 0 aromatic carbocycles. The smallest absolute Gasteiger partial charge is 0.0286 e. The molecule has 1 aliphatic carbocycles. The van der Waals surface area contributed by atoms with Gasteiger partial charge in [0.05, 0.1) is 0 Å². The lowest BCUT2D eigenvalue weighted by atomic mass is 9.96. The Morgan fingerprint density at radius 2 is 2.09 bits per heavy atom. The zero-order valence-corrected chi connectivity index (χ0v) is 8.25. The molecule has 0 saturated heterocycles. The third-order valence-electron chi connectivity index (χ3n) is 2.10. The minimum Gasteiger partial charge on any atom is -0.316 e. The van der Waals surface area contributed by atoms with Gasteiger partial charge in [-0.15, -0.1) is 11.6 Å². The first-order valence-electron chi connectivity index (χ1n) is 4.41. The fourth-order valence-electron chi connectivity index (χ4n) is 0.984. The summed E-state index contributed by atoms with van der Waals surface area (Å²) in [5, 5.41) is 3.45. The first kappa shape index (κ1) is 9.34. The minimum absolute atomic E-state index is 0.260. The van der Waals surface area contributed by atoms with E-state index in [9.17, 15) is 0 Å². The highest BCUT2D eigenvalue weighted by Gasteiger charge is 2.22. The van der Waals surface area contributed by atoms with Gasteiger partial charge >= 0.3 is 0 Å². The van der Waals surface area contributed by atoms with Gasteiger partial charge in [-0.05, 0) is 30.7 Å². The van der Waals surface area contributed by atoms with Gasteiger partial charge in [0.2, 0.25) is 0 Å². The van der Waals surface area contributed by atoms with Crippen molar-refractivity contribution in [3.63, 3.8) is 0 Å². The van der Waals surface area contributed by atoms with Crippen LogP contribution in [0, 0.1) is 11.3 Å². The molecule has 0 atom stereocenters. The van der Waals surface area contributed by atoms with E-state index in [2.05, 4.69) is 19.2 Å². The van der Waals surface area contributed by atoms with Crippen molar-refractivity contribution in [2.24, 2.45) is 11.3 Å². The second kappa shape index (κ2) is 3.77. The van der Waals surface area contributed by atoms with Gasteiger partial charge in [-0.3, -0.25) is 0 Å². The van der Waals surface area contributed by atoms with Gasteiger partial charge in [0, 0.05) is 12.4 Å². The molecule has 0 unspecified atom stereocenters. The maximum absolute atomic E-state index is 5.78. The van der Waals surface area contributed by atoms with Crippen LogP contribution in [0.2, 0.25) is 0 Å². The largest absolute Gasteiger partial charge is 0.316 e. The molecular formula is C9H18ClN. The van der Waals surface area contributed by atoms with Gasteiger partial charge in [-0.1, -0.05) is 13.8 Å². The van der Waals surface area contributed by atoms with Crippen LogP contribution in [-0.2, 0) is 0 Å². The first-order valence-corrected chi connectivity index (χ1v) is 4.94. The summed E-state index contributed by atoms with van der Waals surface area (Å²) in [6, 6.07) is 0. The van der Waals surface area contributed by atoms with Crippen LogP contribution in [0.3, 0.4) is 0 Å². The molecule has 66 valence electrons. The van der Waals surface area contributed by atoms with Gasteiger partial charge in [-0.25, -0.2) is 0 Å². The van der Waals surface area contributed by atoms with E-state index in [0.717, 1.165) is 18.3 Å². The summed E-state index contributed by atoms with van der Waals surface area (Å²) >= 11 is 5.78. The molecule has 0 heterocycles. The van der Waals surface area contributed by atoms with E-state index < -0.39 is 0 Å². The number of alkyl halides is 1. The van der Waals surface area contributed by atoms with Crippen LogP contribution in [0.5, 0.6) is 0 Å². The van der Waals surface area contributed by atoms with Gasteiger partial charge in [0.15, 0.2) is 0 Å². The molecule has 1 N–H and O–H groups in total. The van der Waals surface area contributed by atoms with Crippen molar-refractivity contribution in [1.29, 1.82) is 0 Å². The van der Waals surface area contributed by atoms with E-state index in [4.69, 9.17) is 11.6 Å². The van der Waals surface area contributed by atoms with Crippen molar-refractivity contribution in [2.45, 2.75) is 26.7 Å². The van der Waals surface area contributed by atoms with Crippen molar-refractivity contribution in [3.05, 3.63) is 0 Å². The Bertz CT molecular complexity index is 119. The fraction of sp³-hybridized carbons (Fsp3) is 1.00. The van der Waals surface area contributed by atoms with E-state index >= 15 is 0 Å². The Morgan fingerprint density at radius 3 is 2.55 bits per heavy atom. The molecule has 0 amide bonds. The molecule has 1 nitrogen and oxygen atoms in total. The average molecular weight is 176 g/mol. The van der Waals surface area contributed by atoms with E-state index in [0.29, 0.717) is 0 Å². The zero-order chi connectivity index (χ0) is 8.32. The summed E-state index contributed by atoms with van der Waals surface area (Å²) < 4.78 is 0. The molecule has 0 spiro atoms. The molecule has 1 aliphatic rings. The van der Waals surface area contributed by atoms with Crippen LogP contribution in [-0.4, -0.2) is 19.0 Å². The lowest BCUT2D eigenvalue weighted by Crippen LogP contribution is -2.31. The van der Waals surface area contributed by atoms with Gasteiger partial charge in [0.25, 0.3) is 0 Å². The monoisotopic (exact) mass is 175 g/mol. The number of nitrogens with one attached hydrogen (secondary N) is 1. The van der Waals surface area contributed by atoms with E-state index in [1.807, 2.05) is 0 Å². The average Bonchev–Trinajstić information content (AvgIpc) is 2.71. The van der Waals surface area contributed by atoms with Crippen LogP contribution in [0.4, 0.5) is 0 Å². The standard InChI is InChI=1S/C9H18ClN/c1-9(2,6-10)7-11-5-8-3-4-8/h8,11H,3-7H2,1-2H3. The molecular weight excluding hydrogens is 158 g/mol. The quantitative estimate of drug-likeness (QED) is 0.633. The highest BCUT2D eigenvalue weighted by atomic mass is 35.5. The molecule has 1 rings (SSSR count). The SMILES string of the molecule is CC(C)(CCl)CNCC1CC1. The first-order chi connectivity index (χ1) is 5.14. The molecule has 0 aromatic heterocycles. The fourth-order valence-corrected chi connectivity index (χ4v) is 1.08. The number of hydrogen-bond donors (Lipinski definition) is 1. The van der Waals surface area contributed by atoms with E-state index in [-0.39, 0.29) is 5.41 Å². The predicted octanol–water partition coefficient (Wildman–Crippen LogP) is 2.25. The summed E-state index contributed by atoms with van der Waals surface area (Å²) in [5.41, 5.74) is 0.260. The van der Waals surface area contributed by atoms with Gasteiger partial charge < -0.3 is 5.32 Å². The Kier molecular flexibility index (Phi) is 3.20. The minimum atomic E-state index is 0.260. The lowest BCUT2D eigenvalue weighted by Gasteiger charge is -2.21. The van der Waals surface area contributed by atoms with Crippen LogP contribution < -0.4 is 5.32 Å². The molecule has 1 saturated carbocycles. The van der Waals surface area contributed by atoms with Crippen molar-refractivity contribution >= 4 is 11.6 Å². The third-order valence-corrected chi connectivity index (χ3v) is 2.82. The molecule has 0 bridgehead atoms. The maximum atomic E-state index is 5.78.